The number of rotatable bonds is 0. The van der Waals surface area contributed by atoms with Gasteiger partial charge in [-0.25, -0.2) is 0 Å². The van der Waals surface area contributed by atoms with E-state index in [9.17, 15) is 9.59 Å². The minimum absolute atomic E-state index is 0.0110. The highest BCUT2D eigenvalue weighted by atomic mass is 16.2. The van der Waals surface area contributed by atoms with Crippen LogP contribution in [0.1, 0.15) is 47.5 Å². The number of nitrogens with zero attached hydrogens (tertiary/aromatic N) is 1. The first-order chi connectivity index (χ1) is 8.11. The van der Waals surface area contributed by atoms with Crippen LogP contribution in [-0.4, -0.2) is 28.7 Å². The third-order valence-corrected chi connectivity index (χ3v) is 5.55. The summed E-state index contributed by atoms with van der Waals surface area (Å²) in [5.41, 5.74) is -0.783. The second-order valence-corrected chi connectivity index (χ2v) is 8.03. The maximum absolute atomic E-state index is 12.8. The molecule has 3 aliphatic rings. The molecule has 3 atom stereocenters. The lowest BCUT2D eigenvalue weighted by Crippen LogP contribution is -2.55. The number of Topliss-reactive ketones (excluding diaryl/α,β-unsaturated/α-hetero) is 1. The third kappa shape index (κ3) is 1.11. The number of amides is 1. The normalized spacial score (nSPS) is 41.7. The Bertz CT molecular complexity index is 446. The summed E-state index contributed by atoms with van der Waals surface area (Å²) in [6.45, 7) is 11.3. The molecular formula is C15H23NO2. The summed E-state index contributed by atoms with van der Waals surface area (Å²) >= 11 is 0. The van der Waals surface area contributed by atoms with Crippen LogP contribution >= 0.6 is 0 Å². The van der Waals surface area contributed by atoms with E-state index in [2.05, 4.69) is 34.6 Å². The molecule has 1 aliphatic heterocycles. The van der Waals surface area contributed by atoms with Crippen molar-refractivity contribution in [2.75, 3.05) is 6.54 Å². The number of hydrogen-bond donors (Lipinski definition) is 0. The molecule has 0 aromatic carbocycles. The lowest BCUT2D eigenvalue weighted by Gasteiger charge is -2.48. The first-order valence-corrected chi connectivity index (χ1v) is 6.97. The van der Waals surface area contributed by atoms with Crippen LogP contribution in [0.2, 0.25) is 0 Å². The topological polar surface area (TPSA) is 37.4 Å². The molecule has 3 heteroatoms. The molecule has 3 nitrogen and oxygen atoms in total. The quantitative estimate of drug-likeness (QED) is 0.617. The summed E-state index contributed by atoms with van der Waals surface area (Å²) in [5, 5.41) is 0. The number of carbonyl (C=O) groups is 2. The van der Waals surface area contributed by atoms with E-state index in [1.165, 1.54) is 0 Å². The summed E-state index contributed by atoms with van der Waals surface area (Å²) in [7, 11) is 0. The Morgan fingerprint density at radius 2 is 1.83 bits per heavy atom. The second kappa shape index (κ2) is 3.00. The van der Waals surface area contributed by atoms with E-state index in [0.717, 1.165) is 13.0 Å². The molecule has 1 heterocycles. The van der Waals surface area contributed by atoms with Crippen LogP contribution in [0, 0.1) is 22.7 Å². The molecule has 1 saturated heterocycles. The van der Waals surface area contributed by atoms with Crippen molar-refractivity contribution in [3.05, 3.63) is 0 Å². The van der Waals surface area contributed by atoms with Crippen molar-refractivity contribution in [3.63, 3.8) is 0 Å². The molecule has 0 N–H and O–H groups in total. The van der Waals surface area contributed by atoms with Crippen LogP contribution in [-0.2, 0) is 9.59 Å². The van der Waals surface area contributed by atoms with Crippen molar-refractivity contribution in [1.82, 2.24) is 4.90 Å². The third-order valence-electron chi connectivity index (χ3n) is 5.55. The Balaban J connectivity index is 2.03. The van der Waals surface area contributed by atoms with Gasteiger partial charge in [0.15, 0.2) is 0 Å². The van der Waals surface area contributed by atoms with Crippen molar-refractivity contribution in [3.8, 4) is 0 Å². The van der Waals surface area contributed by atoms with E-state index in [1.807, 2.05) is 4.90 Å². The maximum Gasteiger partial charge on any atom is 0.237 e. The Morgan fingerprint density at radius 3 is 2.33 bits per heavy atom. The van der Waals surface area contributed by atoms with Gasteiger partial charge in [0.05, 0.1) is 0 Å². The molecule has 2 aliphatic carbocycles. The summed E-state index contributed by atoms with van der Waals surface area (Å²) in [6, 6.07) is 0. The largest absolute Gasteiger partial charge is 0.337 e. The number of ketones is 1. The van der Waals surface area contributed by atoms with Crippen LogP contribution in [0.5, 0.6) is 0 Å². The fraction of sp³-hybridized carbons (Fsp3) is 0.867. The van der Waals surface area contributed by atoms with E-state index < -0.39 is 5.41 Å². The number of hydrogen-bond acceptors (Lipinski definition) is 2. The van der Waals surface area contributed by atoms with Gasteiger partial charge in [0.1, 0.15) is 11.2 Å². The monoisotopic (exact) mass is 249 g/mol. The number of likely N-dealkylation sites (tertiary alicyclic amines) is 1. The van der Waals surface area contributed by atoms with Crippen LogP contribution in [0.25, 0.3) is 0 Å². The molecule has 18 heavy (non-hydrogen) atoms. The minimum Gasteiger partial charge on any atom is -0.337 e. The van der Waals surface area contributed by atoms with Crippen molar-refractivity contribution in [2.45, 2.75) is 53.0 Å². The first-order valence-electron chi connectivity index (χ1n) is 6.97. The zero-order chi connectivity index (χ0) is 13.5. The average molecular weight is 249 g/mol. The van der Waals surface area contributed by atoms with E-state index in [4.69, 9.17) is 0 Å². The van der Waals surface area contributed by atoms with Crippen molar-refractivity contribution < 1.29 is 9.59 Å². The van der Waals surface area contributed by atoms with Gasteiger partial charge >= 0.3 is 0 Å². The Kier molecular flexibility index (Phi) is 2.03. The standard InChI is InChI=1S/C15H23NO2/c1-13(2,3)16-8-9-6-10-14(4,5)7-11(17)15(9,10)12(16)18/h9-10H,6-8H2,1-5H3/t9-,10?,15+/m1/s1. The zero-order valence-electron chi connectivity index (χ0n) is 12.0. The second-order valence-electron chi connectivity index (χ2n) is 8.03. The van der Waals surface area contributed by atoms with Gasteiger partial charge in [0.2, 0.25) is 5.91 Å². The van der Waals surface area contributed by atoms with Gasteiger partial charge in [0.25, 0.3) is 0 Å². The molecule has 3 fully saturated rings. The summed E-state index contributed by atoms with van der Waals surface area (Å²) in [4.78, 5) is 27.3. The van der Waals surface area contributed by atoms with Gasteiger partial charge in [-0.15, -0.1) is 0 Å². The van der Waals surface area contributed by atoms with Gasteiger partial charge in [-0.1, -0.05) is 13.8 Å². The number of carbonyl (C=O) groups excluding carboxylic acids is 2. The Hall–Kier alpha value is -0.860. The molecule has 1 spiro atoms. The van der Waals surface area contributed by atoms with E-state index in [-0.39, 0.29) is 34.5 Å². The lowest BCUT2D eigenvalue weighted by molar-refractivity contribution is -0.156. The van der Waals surface area contributed by atoms with E-state index in [1.54, 1.807) is 0 Å². The SMILES string of the molecule is CC1(C)CC(=O)[C@]23C(=O)N(C(C)(C)C)C[C@H]2CC13. The molecular weight excluding hydrogens is 226 g/mol. The molecule has 0 bridgehead atoms. The van der Waals surface area contributed by atoms with Crippen molar-refractivity contribution in [2.24, 2.45) is 22.7 Å². The highest BCUT2D eigenvalue weighted by Gasteiger charge is 2.76. The Morgan fingerprint density at radius 1 is 1.22 bits per heavy atom. The summed E-state index contributed by atoms with van der Waals surface area (Å²) < 4.78 is 0. The molecule has 1 unspecified atom stereocenters. The van der Waals surface area contributed by atoms with Gasteiger partial charge in [-0.3, -0.25) is 9.59 Å². The van der Waals surface area contributed by atoms with Gasteiger partial charge in [-0.2, -0.15) is 0 Å². The Labute approximate surface area is 109 Å². The minimum atomic E-state index is -0.628. The summed E-state index contributed by atoms with van der Waals surface area (Å²) in [5.74, 6) is 0.892. The molecule has 0 aromatic heterocycles. The molecule has 2 saturated carbocycles. The highest BCUT2D eigenvalue weighted by Crippen LogP contribution is 2.69. The van der Waals surface area contributed by atoms with E-state index >= 15 is 0 Å². The summed E-state index contributed by atoms with van der Waals surface area (Å²) in [6.07, 6.45) is 1.63. The fourth-order valence-corrected chi connectivity index (χ4v) is 4.59. The molecule has 1 amide bonds. The van der Waals surface area contributed by atoms with Crippen LogP contribution in [0.4, 0.5) is 0 Å². The molecule has 0 radical (unpaired) electrons. The first kappa shape index (κ1) is 12.2. The lowest BCUT2D eigenvalue weighted by atomic mass is 9.51. The van der Waals surface area contributed by atoms with Crippen LogP contribution in [0.3, 0.4) is 0 Å². The average Bonchev–Trinajstić information content (AvgIpc) is 2.40. The van der Waals surface area contributed by atoms with Crippen molar-refractivity contribution >= 4 is 11.7 Å². The predicted molar refractivity (Wildman–Crippen MR) is 68.9 cm³/mol. The maximum atomic E-state index is 12.8. The zero-order valence-corrected chi connectivity index (χ0v) is 12.0. The van der Waals surface area contributed by atoms with Gasteiger partial charge < -0.3 is 4.90 Å². The molecule has 100 valence electrons. The van der Waals surface area contributed by atoms with Crippen molar-refractivity contribution in [1.29, 1.82) is 0 Å². The molecule has 3 rings (SSSR count). The highest BCUT2D eigenvalue weighted by molar-refractivity contribution is 6.11. The van der Waals surface area contributed by atoms with Crippen LogP contribution < -0.4 is 0 Å². The smallest absolute Gasteiger partial charge is 0.237 e. The van der Waals surface area contributed by atoms with Crippen LogP contribution in [0.15, 0.2) is 0 Å². The van der Waals surface area contributed by atoms with Gasteiger partial charge in [-0.05, 0) is 44.4 Å². The van der Waals surface area contributed by atoms with E-state index in [0.29, 0.717) is 6.42 Å². The fourth-order valence-electron chi connectivity index (χ4n) is 4.59. The van der Waals surface area contributed by atoms with Gasteiger partial charge in [0, 0.05) is 18.5 Å². The molecule has 0 aromatic rings. The predicted octanol–water partition coefficient (Wildman–Crippen LogP) is 2.25.